The topological polar surface area (TPSA) is 40.5 Å². The van der Waals surface area contributed by atoms with Crippen LogP contribution < -0.4 is 0 Å². The summed E-state index contributed by atoms with van der Waals surface area (Å²) in [4.78, 5) is 0. The molecule has 1 aliphatic carbocycles. The summed E-state index contributed by atoms with van der Waals surface area (Å²) in [7, 11) is 0. The molecule has 1 saturated carbocycles. The van der Waals surface area contributed by atoms with Gasteiger partial charge in [0.1, 0.15) is 0 Å². The highest BCUT2D eigenvalue weighted by molar-refractivity contribution is 4.94. The Morgan fingerprint density at radius 2 is 1.75 bits per heavy atom. The molecular formula is C10H18O2. The third kappa shape index (κ3) is 2.32. The number of hydrogen-bond donors (Lipinski definition) is 2. The molecule has 1 fully saturated rings. The fraction of sp³-hybridized carbons (Fsp3) is 0.800. The molecule has 1 rings (SSSR count). The molecule has 1 aliphatic rings. The lowest BCUT2D eigenvalue weighted by molar-refractivity contribution is -0.0701. The van der Waals surface area contributed by atoms with Crippen LogP contribution in [-0.2, 0) is 0 Å². The molecule has 2 heteroatoms. The normalized spacial score (nSPS) is 42.6. The van der Waals surface area contributed by atoms with Crippen molar-refractivity contribution < 1.29 is 10.2 Å². The molecule has 0 aromatic carbocycles. The molecule has 0 aliphatic heterocycles. The second-order valence-corrected chi connectivity index (χ2v) is 4.21. The van der Waals surface area contributed by atoms with E-state index in [1.165, 1.54) is 0 Å². The van der Waals surface area contributed by atoms with E-state index in [0.717, 1.165) is 0 Å². The Balaban J connectivity index is 2.49. The average molecular weight is 170 g/mol. The highest BCUT2D eigenvalue weighted by Crippen LogP contribution is 2.36. The quantitative estimate of drug-likeness (QED) is 0.618. The molecule has 0 spiro atoms. The van der Waals surface area contributed by atoms with Crippen LogP contribution in [0.2, 0.25) is 0 Å². The Bertz CT molecular complexity index is 163. The lowest BCUT2D eigenvalue weighted by atomic mass is 9.75. The lowest BCUT2D eigenvalue weighted by Crippen LogP contribution is -2.40. The van der Waals surface area contributed by atoms with Crippen molar-refractivity contribution in [3.05, 3.63) is 12.7 Å². The minimum atomic E-state index is -0.593. The van der Waals surface area contributed by atoms with Crippen LogP contribution in [0.3, 0.4) is 0 Å². The van der Waals surface area contributed by atoms with E-state index in [0.29, 0.717) is 32.1 Å². The zero-order valence-electron chi connectivity index (χ0n) is 7.71. The van der Waals surface area contributed by atoms with Gasteiger partial charge in [-0.2, -0.15) is 0 Å². The van der Waals surface area contributed by atoms with Gasteiger partial charge in [-0.15, -0.1) is 6.58 Å². The van der Waals surface area contributed by atoms with Crippen molar-refractivity contribution in [3.8, 4) is 0 Å². The molecule has 2 nitrogen and oxygen atoms in total. The van der Waals surface area contributed by atoms with E-state index in [1.807, 2.05) is 6.92 Å². The minimum Gasteiger partial charge on any atom is -0.390 e. The third-order valence-electron chi connectivity index (χ3n) is 2.78. The second-order valence-electron chi connectivity index (χ2n) is 4.21. The van der Waals surface area contributed by atoms with Gasteiger partial charge in [0, 0.05) is 0 Å². The average Bonchev–Trinajstić information content (AvgIpc) is 1.98. The van der Waals surface area contributed by atoms with Crippen LogP contribution >= 0.6 is 0 Å². The zero-order valence-corrected chi connectivity index (χ0v) is 7.71. The van der Waals surface area contributed by atoms with Crippen molar-refractivity contribution in [2.24, 2.45) is 0 Å². The van der Waals surface area contributed by atoms with Crippen LogP contribution in [0, 0.1) is 0 Å². The summed E-state index contributed by atoms with van der Waals surface area (Å²) in [6.07, 6.45) is 5.15. The van der Waals surface area contributed by atoms with E-state index in [1.54, 1.807) is 6.08 Å². The third-order valence-corrected chi connectivity index (χ3v) is 2.78. The predicted molar refractivity (Wildman–Crippen MR) is 48.9 cm³/mol. The van der Waals surface area contributed by atoms with E-state index in [4.69, 9.17) is 0 Å². The van der Waals surface area contributed by atoms with Crippen LogP contribution in [0.4, 0.5) is 0 Å². The predicted octanol–water partition coefficient (Wildman–Crippen LogP) is 1.62. The monoisotopic (exact) mass is 170 g/mol. The molecule has 0 atom stereocenters. The van der Waals surface area contributed by atoms with Crippen molar-refractivity contribution in [3.63, 3.8) is 0 Å². The largest absolute Gasteiger partial charge is 0.390 e. The summed E-state index contributed by atoms with van der Waals surface area (Å²) in [5.74, 6) is 0. The standard InChI is InChI=1S/C10H18O2/c1-3-4-10(12)7-5-9(2,11)6-8-10/h3,11-12H,1,4-8H2,2H3. The summed E-state index contributed by atoms with van der Waals surface area (Å²) in [5, 5.41) is 19.6. The maximum Gasteiger partial charge on any atom is 0.0684 e. The van der Waals surface area contributed by atoms with E-state index in [9.17, 15) is 10.2 Å². The summed E-state index contributed by atoms with van der Waals surface area (Å²) in [5.41, 5.74) is -1.16. The van der Waals surface area contributed by atoms with E-state index < -0.39 is 11.2 Å². The van der Waals surface area contributed by atoms with Crippen LogP contribution in [-0.4, -0.2) is 21.4 Å². The Hall–Kier alpha value is -0.340. The van der Waals surface area contributed by atoms with E-state index in [-0.39, 0.29) is 0 Å². The molecule has 0 aromatic rings. The van der Waals surface area contributed by atoms with Crippen LogP contribution in [0.1, 0.15) is 39.0 Å². The molecule has 0 aromatic heterocycles. The van der Waals surface area contributed by atoms with Crippen LogP contribution in [0.5, 0.6) is 0 Å². The van der Waals surface area contributed by atoms with Gasteiger partial charge in [0.05, 0.1) is 11.2 Å². The highest BCUT2D eigenvalue weighted by atomic mass is 16.3. The van der Waals surface area contributed by atoms with Gasteiger partial charge < -0.3 is 10.2 Å². The first kappa shape index (κ1) is 9.75. The maximum atomic E-state index is 9.92. The smallest absolute Gasteiger partial charge is 0.0684 e. The molecule has 70 valence electrons. The van der Waals surface area contributed by atoms with Crippen LogP contribution in [0.25, 0.3) is 0 Å². The van der Waals surface area contributed by atoms with Crippen molar-refractivity contribution in [1.29, 1.82) is 0 Å². The Labute approximate surface area is 73.9 Å². The van der Waals surface area contributed by atoms with Crippen molar-refractivity contribution in [1.82, 2.24) is 0 Å². The van der Waals surface area contributed by atoms with Gasteiger partial charge in [-0.05, 0) is 39.0 Å². The second kappa shape index (κ2) is 3.19. The minimum absolute atomic E-state index is 0.562. The SMILES string of the molecule is C=CCC1(O)CCC(C)(O)CC1. The lowest BCUT2D eigenvalue weighted by Gasteiger charge is -2.38. The molecule has 0 radical (unpaired) electrons. The van der Waals surface area contributed by atoms with Gasteiger partial charge in [0.15, 0.2) is 0 Å². The van der Waals surface area contributed by atoms with Gasteiger partial charge in [-0.1, -0.05) is 6.08 Å². The Morgan fingerprint density at radius 3 is 2.17 bits per heavy atom. The Morgan fingerprint density at radius 1 is 1.25 bits per heavy atom. The number of rotatable bonds is 2. The number of aliphatic hydroxyl groups is 2. The van der Waals surface area contributed by atoms with E-state index in [2.05, 4.69) is 6.58 Å². The molecule has 12 heavy (non-hydrogen) atoms. The first-order chi connectivity index (χ1) is 5.47. The molecule has 0 heterocycles. The molecule has 0 amide bonds. The maximum absolute atomic E-state index is 9.92. The fourth-order valence-corrected chi connectivity index (χ4v) is 1.73. The van der Waals surface area contributed by atoms with Crippen LogP contribution in [0.15, 0.2) is 12.7 Å². The number of hydrogen-bond acceptors (Lipinski definition) is 2. The van der Waals surface area contributed by atoms with Gasteiger partial charge in [-0.25, -0.2) is 0 Å². The van der Waals surface area contributed by atoms with Gasteiger partial charge >= 0.3 is 0 Å². The fourth-order valence-electron chi connectivity index (χ4n) is 1.73. The van der Waals surface area contributed by atoms with Crippen molar-refractivity contribution in [2.75, 3.05) is 0 Å². The first-order valence-electron chi connectivity index (χ1n) is 4.53. The Kier molecular flexibility index (Phi) is 2.59. The van der Waals surface area contributed by atoms with Gasteiger partial charge in [-0.3, -0.25) is 0 Å². The summed E-state index contributed by atoms with van der Waals surface area (Å²) in [6, 6.07) is 0. The molecule has 0 unspecified atom stereocenters. The van der Waals surface area contributed by atoms with Crippen molar-refractivity contribution >= 4 is 0 Å². The van der Waals surface area contributed by atoms with Gasteiger partial charge in [0.2, 0.25) is 0 Å². The summed E-state index contributed by atoms with van der Waals surface area (Å²) in [6.45, 7) is 5.45. The molecule has 2 N–H and O–H groups in total. The van der Waals surface area contributed by atoms with E-state index >= 15 is 0 Å². The molecule has 0 saturated heterocycles. The first-order valence-corrected chi connectivity index (χ1v) is 4.53. The molecular weight excluding hydrogens is 152 g/mol. The summed E-state index contributed by atoms with van der Waals surface area (Å²) < 4.78 is 0. The van der Waals surface area contributed by atoms with Gasteiger partial charge in [0.25, 0.3) is 0 Å². The molecule has 0 bridgehead atoms. The summed E-state index contributed by atoms with van der Waals surface area (Å²) >= 11 is 0. The highest BCUT2D eigenvalue weighted by Gasteiger charge is 2.36. The zero-order chi connectivity index (χ0) is 9.24. The van der Waals surface area contributed by atoms with Crippen molar-refractivity contribution in [2.45, 2.75) is 50.2 Å².